The highest BCUT2D eigenvalue weighted by Gasteiger charge is 2.27. The van der Waals surface area contributed by atoms with E-state index in [0.29, 0.717) is 17.0 Å². The van der Waals surface area contributed by atoms with E-state index in [-0.39, 0.29) is 12.2 Å². The van der Waals surface area contributed by atoms with Gasteiger partial charge in [-0.05, 0) is 36.0 Å². The SMILES string of the molecule is Cn1cc([C@@H](CC(=O)c2ccc(C3CCCCC3)cc2)C(=O)O)c2ccccc21. The molecule has 1 aromatic heterocycles. The van der Waals surface area contributed by atoms with Gasteiger partial charge in [-0.3, -0.25) is 9.59 Å². The van der Waals surface area contributed by atoms with E-state index in [0.717, 1.165) is 10.9 Å². The van der Waals surface area contributed by atoms with Gasteiger partial charge in [0.05, 0.1) is 5.92 Å². The number of rotatable bonds is 6. The lowest BCUT2D eigenvalue weighted by molar-refractivity contribution is -0.138. The molecule has 1 fully saturated rings. The molecule has 3 aromatic rings. The van der Waals surface area contributed by atoms with E-state index in [9.17, 15) is 14.7 Å². The van der Waals surface area contributed by atoms with Gasteiger partial charge in [0, 0.05) is 36.1 Å². The zero-order chi connectivity index (χ0) is 20.4. The first-order valence-corrected chi connectivity index (χ1v) is 10.4. The Bertz CT molecular complexity index is 1030. The number of para-hydroxylation sites is 1. The molecule has 1 atom stereocenters. The summed E-state index contributed by atoms with van der Waals surface area (Å²) in [5, 5.41) is 10.7. The van der Waals surface area contributed by atoms with Crippen LogP contribution in [0.1, 0.15) is 71.8 Å². The van der Waals surface area contributed by atoms with Crippen molar-refractivity contribution in [3.8, 4) is 0 Å². The van der Waals surface area contributed by atoms with Crippen LogP contribution in [-0.4, -0.2) is 21.4 Å². The molecule has 0 aliphatic heterocycles. The summed E-state index contributed by atoms with van der Waals surface area (Å²) in [5.74, 6) is -1.35. The summed E-state index contributed by atoms with van der Waals surface area (Å²) in [4.78, 5) is 24.9. The van der Waals surface area contributed by atoms with Gasteiger partial charge in [-0.2, -0.15) is 0 Å². The Morgan fingerprint density at radius 2 is 1.72 bits per heavy atom. The molecule has 1 saturated carbocycles. The van der Waals surface area contributed by atoms with E-state index in [4.69, 9.17) is 0 Å². The normalized spacial score (nSPS) is 16.0. The van der Waals surface area contributed by atoms with Crippen LogP contribution in [0.2, 0.25) is 0 Å². The molecule has 4 heteroatoms. The zero-order valence-electron chi connectivity index (χ0n) is 16.8. The molecule has 2 aromatic carbocycles. The van der Waals surface area contributed by atoms with Crippen molar-refractivity contribution in [3.05, 3.63) is 71.4 Å². The van der Waals surface area contributed by atoms with Gasteiger partial charge in [0.1, 0.15) is 0 Å². The fourth-order valence-corrected chi connectivity index (χ4v) is 4.66. The van der Waals surface area contributed by atoms with Gasteiger partial charge in [-0.15, -0.1) is 0 Å². The van der Waals surface area contributed by atoms with Crippen LogP contribution in [0, 0.1) is 0 Å². The molecular weight excluding hydrogens is 362 g/mol. The second kappa shape index (κ2) is 8.24. The maximum absolute atomic E-state index is 12.9. The number of aliphatic carboxylic acids is 1. The molecule has 1 N–H and O–H groups in total. The van der Waals surface area contributed by atoms with E-state index in [1.807, 2.05) is 54.2 Å². The lowest BCUT2D eigenvalue weighted by Crippen LogP contribution is -2.16. The van der Waals surface area contributed by atoms with E-state index >= 15 is 0 Å². The Labute approximate surface area is 171 Å². The number of aryl methyl sites for hydroxylation is 1. The van der Waals surface area contributed by atoms with Crippen LogP contribution in [-0.2, 0) is 11.8 Å². The Morgan fingerprint density at radius 1 is 1.03 bits per heavy atom. The number of carbonyl (C=O) groups excluding carboxylic acids is 1. The predicted molar refractivity (Wildman–Crippen MR) is 115 cm³/mol. The van der Waals surface area contributed by atoms with Gasteiger partial charge in [0.2, 0.25) is 0 Å². The molecule has 0 unspecified atom stereocenters. The Hall–Kier alpha value is -2.88. The molecule has 1 aliphatic rings. The number of carbonyl (C=O) groups is 2. The standard InChI is InChI=1S/C25H27NO3/c1-26-16-22(20-9-5-6-10-23(20)26)21(25(28)29)15-24(27)19-13-11-18(12-14-19)17-7-3-2-4-8-17/h5-6,9-14,16-17,21H,2-4,7-8,15H2,1H3,(H,28,29)/t21-/m1/s1. The smallest absolute Gasteiger partial charge is 0.311 e. The molecule has 0 saturated heterocycles. The molecular formula is C25H27NO3. The largest absolute Gasteiger partial charge is 0.481 e. The summed E-state index contributed by atoms with van der Waals surface area (Å²) < 4.78 is 1.92. The monoisotopic (exact) mass is 389 g/mol. The average molecular weight is 389 g/mol. The van der Waals surface area contributed by atoms with Crippen LogP contribution in [0.4, 0.5) is 0 Å². The molecule has 150 valence electrons. The maximum Gasteiger partial charge on any atom is 0.311 e. The van der Waals surface area contributed by atoms with Crippen molar-refractivity contribution >= 4 is 22.7 Å². The summed E-state index contributed by atoms with van der Waals surface area (Å²) in [6.07, 6.45) is 8.10. The average Bonchev–Trinajstić information content (AvgIpc) is 3.09. The van der Waals surface area contributed by atoms with Crippen LogP contribution in [0.3, 0.4) is 0 Å². The number of benzene rings is 2. The van der Waals surface area contributed by atoms with Gasteiger partial charge >= 0.3 is 5.97 Å². The predicted octanol–water partition coefficient (Wildman–Crippen LogP) is 5.67. The van der Waals surface area contributed by atoms with Gasteiger partial charge in [-0.25, -0.2) is 0 Å². The van der Waals surface area contributed by atoms with Crippen LogP contribution < -0.4 is 0 Å². The second-order valence-electron chi connectivity index (χ2n) is 8.19. The summed E-state index contributed by atoms with van der Waals surface area (Å²) in [5.41, 5.74) is 3.56. The minimum absolute atomic E-state index is 0.0356. The van der Waals surface area contributed by atoms with Crippen molar-refractivity contribution < 1.29 is 14.7 Å². The molecule has 29 heavy (non-hydrogen) atoms. The molecule has 0 radical (unpaired) electrons. The molecule has 0 bridgehead atoms. The number of aromatic nitrogens is 1. The number of carboxylic acids is 1. The number of hydrogen-bond acceptors (Lipinski definition) is 2. The summed E-state index contributed by atoms with van der Waals surface area (Å²) in [6.45, 7) is 0. The van der Waals surface area contributed by atoms with Crippen molar-refractivity contribution in [2.45, 2.75) is 50.4 Å². The topological polar surface area (TPSA) is 59.3 Å². The zero-order valence-corrected chi connectivity index (χ0v) is 16.8. The first kappa shape index (κ1) is 19.4. The number of Topliss-reactive ketones (excluding diaryl/α,β-unsaturated/α-hetero) is 1. The Morgan fingerprint density at radius 3 is 2.41 bits per heavy atom. The lowest BCUT2D eigenvalue weighted by atomic mass is 9.83. The first-order chi connectivity index (χ1) is 14.0. The molecule has 0 amide bonds. The molecule has 4 nitrogen and oxygen atoms in total. The van der Waals surface area contributed by atoms with Crippen molar-refractivity contribution in [1.82, 2.24) is 4.57 Å². The van der Waals surface area contributed by atoms with E-state index < -0.39 is 11.9 Å². The highest BCUT2D eigenvalue weighted by Crippen LogP contribution is 2.33. The van der Waals surface area contributed by atoms with Crippen LogP contribution in [0.5, 0.6) is 0 Å². The molecule has 4 rings (SSSR count). The van der Waals surface area contributed by atoms with E-state index in [1.165, 1.54) is 37.7 Å². The van der Waals surface area contributed by atoms with Gasteiger partial charge in [0.25, 0.3) is 0 Å². The number of carboxylic acid groups (broad SMARTS) is 1. The minimum atomic E-state index is -0.964. The van der Waals surface area contributed by atoms with E-state index in [2.05, 4.69) is 12.1 Å². The van der Waals surface area contributed by atoms with Crippen molar-refractivity contribution in [2.24, 2.45) is 7.05 Å². The van der Waals surface area contributed by atoms with Crippen LogP contribution in [0.15, 0.2) is 54.7 Å². The Balaban J connectivity index is 1.55. The first-order valence-electron chi connectivity index (χ1n) is 10.4. The number of hydrogen-bond donors (Lipinski definition) is 1. The molecule has 1 heterocycles. The second-order valence-corrected chi connectivity index (χ2v) is 8.19. The maximum atomic E-state index is 12.9. The number of fused-ring (bicyclic) bond motifs is 1. The van der Waals surface area contributed by atoms with Crippen molar-refractivity contribution in [2.75, 3.05) is 0 Å². The van der Waals surface area contributed by atoms with Crippen molar-refractivity contribution in [3.63, 3.8) is 0 Å². The third-order valence-electron chi connectivity index (χ3n) is 6.30. The van der Waals surface area contributed by atoms with Gasteiger partial charge in [0.15, 0.2) is 5.78 Å². The summed E-state index contributed by atoms with van der Waals surface area (Å²) in [6, 6.07) is 15.6. The fraction of sp³-hybridized carbons (Fsp3) is 0.360. The van der Waals surface area contributed by atoms with Crippen LogP contribution >= 0.6 is 0 Å². The van der Waals surface area contributed by atoms with Crippen LogP contribution in [0.25, 0.3) is 10.9 Å². The Kier molecular flexibility index (Phi) is 5.52. The summed E-state index contributed by atoms with van der Waals surface area (Å²) >= 11 is 0. The van der Waals surface area contributed by atoms with Crippen molar-refractivity contribution in [1.29, 1.82) is 0 Å². The minimum Gasteiger partial charge on any atom is -0.481 e. The van der Waals surface area contributed by atoms with Gasteiger partial charge < -0.3 is 9.67 Å². The third-order valence-corrected chi connectivity index (χ3v) is 6.30. The number of nitrogens with zero attached hydrogens (tertiary/aromatic N) is 1. The third kappa shape index (κ3) is 3.98. The quantitative estimate of drug-likeness (QED) is 0.553. The summed E-state index contributed by atoms with van der Waals surface area (Å²) in [7, 11) is 1.90. The van der Waals surface area contributed by atoms with E-state index in [1.54, 1.807) is 0 Å². The molecule has 1 aliphatic carbocycles. The number of ketones is 1. The fourth-order valence-electron chi connectivity index (χ4n) is 4.66. The van der Waals surface area contributed by atoms with Gasteiger partial charge in [-0.1, -0.05) is 61.7 Å². The highest BCUT2D eigenvalue weighted by atomic mass is 16.4. The highest BCUT2D eigenvalue weighted by molar-refractivity contribution is 6.00. The molecule has 0 spiro atoms. The lowest BCUT2D eigenvalue weighted by Gasteiger charge is -2.22.